The van der Waals surface area contributed by atoms with E-state index < -0.39 is 41.9 Å². The van der Waals surface area contributed by atoms with Crippen molar-refractivity contribution in [3.05, 3.63) is 78.4 Å². The fourth-order valence-electron chi connectivity index (χ4n) is 8.47. The lowest BCUT2D eigenvalue weighted by Gasteiger charge is -2.54. The van der Waals surface area contributed by atoms with Crippen LogP contribution >= 0.6 is 0 Å². The van der Waals surface area contributed by atoms with Gasteiger partial charge in [0.15, 0.2) is 23.5 Å². The molecule has 0 amide bonds. The van der Waals surface area contributed by atoms with Crippen LogP contribution in [0, 0.1) is 29.1 Å². The molecule has 6 rings (SSSR count). The second-order valence-corrected chi connectivity index (χ2v) is 12.6. The van der Waals surface area contributed by atoms with Crippen LogP contribution in [-0.2, 0) is 19.1 Å². The molecule has 42 heavy (non-hydrogen) atoms. The number of nitrogens with two attached hydrogens (primary N) is 1. The molecule has 2 aromatic rings. The van der Waals surface area contributed by atoms with Crippen LogP contribution < -0.4 is 11.1 Å². The van der Waals surface area contributed by atoms with Gasteiger partial charge in [0.1, 0.15) is 6.61 Å². The van der Waals surface area contributed by atoms with Gasteiger partial charge in [-0.05, 0) is 91.8 Å². The molecule has 5 N–H and O–H groups in total. The number of carbonyl (C=O) groups excluding carboxylic acids is 2. The second-order valence-electron chi connectivity index (χ2n) is 12.6. The molecule has 9 atom stereocenters. The van der Waals surface area contributed by atoms with Gasteiger partial charge in [-0.2, -0.15) is 0 Å². The van der Waals surface area contributed by atoms with Crippen LogP contribution in [0.1, 0.15) is 51.4 Å². The molecule has 0 spiro atoms. The maximum absolute atomic E-state index is 13.7. The maximum Gasteiger partial charge on any atom is 0.193 e. The fraction of sp³-hybridized carbons (Fsp3) is 0.471. The Labute approximate surface area is 246 Å². The number of hydrogen-bond acceptors (Lipinski definition) is 8. The molecule has 8 heteroatoms. The Bertz CT molecular complexity index is 1400. The van der Waals surface area contributed by atoms with Crippen molar-refractivity contribution in [3.8, 4) is 0 Å². The van der Waals surface area contributed by atoms with E-state index in [1.54, 1.807) is 12.2 Å². The van der Waals surface area contributed by atoms with E-state index in [0.717, 1.165) is 23.4 Å². The summed E-state index contributed by atoms with van der Waals surface area (Å²) < 4.78 is 13.2. The lowest BCUT2D eigenvalue weighted by atomic mass is 9.52. The number of carbonyl (C=O) groups is 2. The number of hydrogen-bond donors (Lipinski definition) is 4. The summed E-state index contributed by atoms with van der Waals surface area (Å²) in [5.74, 6) is -0.382. The van der Waals surface area contributed by atoms with Crippen molar-refractivity contribution in [1.29, 1.82) is 0 Å². The molecule has 4 aliphatic rings. The Balaban J connectivity index is 1.29. The summed E-state index contributed by atoms with van der Waals surface area (Å²) in [6, 6.07) is 15.2. The molecule has 222 valence electrons. The van der Waals surface area contributed by atoms with E-state index in [1.165, 1.54) is 0 Å². The molecule has 1 aliphatic heterocycles. The number of aliphatic hydroxyl groups excluding tert-OH is 2. The predicted molar refractivity (Wildman–Crippen MR) is 160 cm³/mol. The largest absolute Gasteiger partial charge is 0.399 e. The zero-order valence-electron chi connectivity index (χ0n) is 24.1. The van der Waals surface area contributed by atoms with Gasteiger partial charge < -0.3 is 30.7 Å². The van der Waals surface area contributed by atoms with Crippen LogP contribution in [0.5, 0.6) is 0 Å². The van der Waals surface area contributed by atoms with Crippen molar-refractivity contribution in [3.63, 3.8) is 0 Å². The lowest BCUT2D eigenvalue weighted by molar-refractivity contribution is -0.196. The molecule has 0 bridgehead atoms. The first-order valence-corrected chi connectivity index (χ1v) is 14.9. The first kappa shape index (κ1) is 28.8. The van der Waals surface area contributed by atoms with E-state index in [4.69, 9.17) is 15.2 Å². The average molecular weight is 573 g/mol. The zero-order chi connectivity index (χ0) is 29.6. The Morgan fingerprint density at radius 1 is 1.14 bits per heavy atom. The smallest absolute Gasteiger partial charge is 0.193 e. The SMILES string of the molecule is CC1/C=C\C(=O)/C=C\CCC2C1C(O)CC1(C)C2C[C@H]2O[C@@H](c3ccc(Nc4cccc(N)c4)cc3)O[C@]21C(=O)CO. The minimum absolute atomic E-state index is 0.0102. The van der Waals surface area contributed by atoms with Crippen LogP contribution in [-0.4, -0.2) is 46.2 Å². The summed E-state index contributed by atoms with van der Waals surface area (Å²) in [7, 11) is 0. The van der Waals surface area contributed by atoms with Gasteiger partial charge in [-0.1, -0.05) is 44.2 Å². The third-order valence-electron chi connectivity index (χ3n) is 10.3. The number of aliphatic hydroxyl groups is 2. The van der Waals surface area contributed by atoms with E-state index in [9.17, 15) is 19.8 Å². The van der Waals surface area contributed by atoms with Crippen molar-refractivity contribution >= 4 is 28.6 Å². The van der Waals surface area contributed by atoms with Crippen molar-refractivity contribution in [2.75, 3.05) is 17.7 Å². The highest BCUT2D eigenvalue weighted by molar-refractivity contribution is 5.99. The Morgan fingerprint density at radius 2 is 1.93 bits per heavy atom. The van der Waals surface area contributed by atoms with Gasteiger partial charge in [-0.15, -0.1) is 0 Å². The predicted octanol–water partition coefficient (Wildman–Crippen LogP) is 4.86. The van der Waals surface area contributed by atoms with E-state index in [1.807, 2.05) is 67.6 Å². The number of benzene rings is 2. The minimum Gasteiger partial charge on any atom is -0.399 e. The van der Waals surface area contributed by atoms with Crippen LogP contribution in [0.3, 0.4) is 0 Å². The number of ether oxygens (including phenoxy) is 2. The molecule has 8 nitrogen and oxygen atoms in total. The molecular formula is C34H40N2O6. The molecule has 0 aromatic heterocycles. The molecule has 2 saturated carbocycles. The number of fused-ring (bicyclic) bond motifs is 5. The number of allylic oxidation sites excluding steroid dienone is 4. The second kappa shape index (κ2) is 11.1. The van der Waals surface area contributed by atoms with Crippen molar-refractivity contribution in [2.24, 2.45) is 29.1 Å². The highest BCUT2D eigenvalue weighted by atomic mass is 16.7. The standard InChI is InChI=1S/C34H40N2O6/c1-20-10-15-25(38)8-3-4-9-26-27-17-30-34(29(40)19-37,33(27,2)18-28(39)31(20)26)42-32(41-30)21-11-13-23(14-12-21)36-24-7-5-6-22(35)16-24/h3,5-8,10-16,20,26-28,30-32,36-37,39H,4,9,17-19,35H2,1-2H3/b8-3-,15-10-/t20?,26?,27?,28?,30-,31?,32-,33?,34-/m1/s1. The van der Waals surface area contributed by atoms with E-state index in [0.29, 0.717) is 24.9 Å². The molecule has 1 heterocycles. The van der Waals surface area contributed by atoms with Crippen LogP contribution in [0.25, 0.3) is 0 Å². The lowest BCUT2D eigenvalue weighted by Crippen LogP contribution is -2.61. The summed E-state index contributed by atoms with van der Waals surface area (Å²) in [4.78, 5) is 25.8. The number of nitrogen functional groups attached to an aromatic ring is 1. The molecule has 1 saturated heterocycles. The molecule has 3 fully saturated rings. The van der Waals surface area contributed by atoms with Crippen LogP contribution in [0.4, 0.5) is 17.1 Å². The quantitative estimate of drug-likeness (QED) is 0.374. The van der Waals surface area contributed by atoms with Gasteiger partial charge in [0.2, 0.25) is 0 Å². The Kier molecular flexibility index (Phi) is 7.60. The average Bonchev–Trinajstić information content (AvgIpc) is 3.46. The minimum atomic E-state index is -1.37. The highest BCUT2D eigenvalue weighted by Gasteiger charge is 2.74. The van der Waals surface area contributed by atoms with Gasteiger partial charge in [-0.25, -0.2) is 0 Å². The molecule has 0 radical (unpaired) electrons. The summed E-state index contributed by atoms with van der Waals surface area (Å²) in [5.41, 5.74) is 6.97. The van der Waals surface area contributed by atoms with Gasteiger partial charge in [-0.3, -0.25) is 9.59 Å². The summed E-state index contributed by atoms with van der Waals surface area (Å²) >= 11 is 0. The van der Waals surface area contributed by atoms with E-state index >= 15 is 0 Å². The van der Waals surface area contributed by atoms with Crippen molar-refractivity contribution in [2.45, 2.75) is 63.6 Å². The van der Waals surface area contributed by atoms with Crippen LogP contribution in [0.2, 0.25) is 0 Å². The first-order chi connectivity index (χ1) is 20.2. The van der Waals surface area contributed by atoms with Gasteiger partial charge in [0.05, 0.1) is 12.2 Å². The van der Waals surface area contributed by atoms with E-state index in [-0.39, 0.29) is 29.5 Å². The maximum atomic E-state index is 13.7. The van der Waals surface area contributed by atoms with Crippen molar-refractivity contribution in [1.82, 2.24) is 0 Å². The Hall–Kier alpha value is -3.30. The molecule has 3 aliphatic carbocycles. The fourth-order valence-corrected chi connectivity index (χ4v) is 8.47. The number of nitrogens with one attached hydrogen (secondary N) is 1. The number of rotatable bonds is 5. The Morgan fingerprint density at radius 3 is 2.67 bits per heavy atom. The topological polar surface area (TPSA) is 131 Å². The highest BCUT2D eigenvalue weighted by Crippen LogP contribution is 2.67. The van der Waals surface area contributed by atoms with Gasteiger partial charge >= 0.3 is 0 Å². The first-order valence-electron chi connectivity index (χ1n) is 14.9. The number of ketones is 2. The van der Waals surface area contributed by atoms with Gasteiger partial charge in [0.25, 0.3) is 0 Å². The monoisotopic (exact) mass is 572 g/mol. The molecule has 2 aromatic carbocycles. The summed E-state index contributed by atoms with van der Waals surface area (Å²) in [6.07, 6.45) is 7.41. The normalized spacial score (nSPS) is 39.0. The third-order valence-corrected chi connectivity index (χ3v) is 10.3. The summed E-state index contributed by atoms with van der Waals surface area (Å²) in [5, 5.41) is 25.2. The number of Topliss-reactive ketones (excluding diaryl/α,β-unsaturated/α-hetero) is 1. The van der Waals surface area contributed by atoms with Gasteiger partial charge in [0, 0.05) is 28.0 Å². The molecule has 6 unspecified atom stereocenters. The third kappa shape index (κ3) is 4.71. The molecular weight excluding hydrogens is 532 g/mol. The van der Waals surface area contributed by atoms with Crippen LogP contribution in [0.15, 0.2) is 72.8 Å². The summed E-state index contributed by atoms with van der Waals surface area (Å²) in [6.45, 7) is 3.43. The van der Waals surface area contributed by atoms with Crippen molar-refractivity contribution < 1.29 is 29.3 Å². The zero-order valence-corrected chi connectivity index (χ0v) is 24.1. The van der Waals surface area contributed by atoms with E-state index in [2.05, 4.69) is 12.2 Å². The number of anilines is 3.